The number of halogens is 3. The van der Waals surface area contributed by atoms with Gasteiger partial charge in [0.05, 0.1) is 6.20 Å². The maximum absolute atomic E-state index is 13.1. The average Bonchev–Trinajstić information content (AvgIpc) is 3.00. The molecule has 0 unspecified atom stereocenters. The number of nitrogens with zero attached hydrogens (tertiary/aromatic N) is 2. The van der Waals surface area contributed by atoms with Gasteiger partial charge >= 0.3 is 12.1 Å². The molecule has 0 aliphatic rings. The molecule has 2 aromatic rings. The van der Waals surface area contributed by atoms with E-state index in [1.54, 1.807) is 6.92 Å². The molecule has 0 fully saturated rings. The molecule has 0 radical (unpaired) electrons. The number of hydrogen-bond acceptors (Lipinski definition) is 4. The van der Waals surface area contributed by atoms with Crippen LogP contribution in [0.3, 0.4) is 0 Å². The summed E-state index contributed by atoms with van der Waals surface area (Å²) in [5.41, 5.74) is 0.446. The van der Waals surface area contributed by atoms with E-state index in [9.17, 15) is 18.0 Å². The van der Waals surface area contributed by atoms with Gasteiger partial charge < -0.3 is 9.15 Å². The number of rotatable bonds is 4. The topological polar surface area (TPSA) is 57.3 Å². The van der Waals surface area contributed by atoms with E-state index in [0.29, 0.717) is 17.7 Å². The smallest absolute Gasteiger partial charge is 0.429 e. The van der Waals surface area contributed by atoms with Crippen molar-refractivity contribution < 1.29 is 27.1 Å². The summed E-state index contributed by atoms with van der Waals surface area (Å²) in [4.78, 5) is 11.9. The third kappa shape index (κ3) is 3.32. The number of aryl methyl sites for hydroxylation is 3. The number of esters is 1. The normalized spacial score (nSPS) is 13.2. The zero-order valence-corrected chi connectivity index (χ0v) is 12.3. The number of ether oxygens (including phenoxy) is 1. The monoisotopic (exact) mass is 316 g/mol. The molecule has 0 amide bonds. The maximum atomic E-state index is 13.1. The molecule has 8 heteroatoms. The summed E-state index contributed by atoms with van der Waals surface area (Å²) in [6.07, 6.45) is -4.44. The van der Waals surface area contributed by atoms with Crippen LogP contribution in [0.5, 0.6) is 0 Å². The van der Waals surface area contributed by atoms with E-state index in [-0.39, 0.29) is 11.3 Å². The number of carbonyl (C=O) groups excluding carboxylic acids is 1. The first-order valence-electron chi connectivity index (χ1n) is 6.58. The van der Waals surface area contributed by atoms with Crippen molar-refractivity contribution in [2.75, 3.05) is 0 Å². The number of furan rings is 1. The molecule has 0 saturated heterocycles. The highest BCUT2D eigenvalue weighted by molar-refractivity contribution is 5.86. The van der Waals surface area contributed by atoms with Crippen LogP contribution in [0.4, 0.5) is 13.2 Å². The van der Waals surface area contributed by atoms with Crippen LogP contribution < -0.4 is 0 Å². The zero-order valence-electron chi connectivity index (χ0n) is 12.3. The molecule has 22 heavy (non-hydrogen) atoms. The van der Waals surface area contributed by atoms with Gasteiger partial charge in [-0.2, -0.15) is 18.3 Å². The van der Waals surface area contributed by atoms with Crippen molar-refractivity contribution in [3.8, 4) is 0 Å². The predicted octanol–water partition coefficient (Wildman–Crippen LogP) is 3.34. The molecule has 2 aromatic heterocycles. The average molecular weight is 316 g/mol. The first kappa shape index (κ1) is 16.1. The van der Waals surface area contributed by atoms with Gasteiger partial charge in [-0.1, -0.05) is 6.92 Å². The molecular formula is C14H15F3N2O3. The fraction of sp³-hybridized carbons (Fsp3) is 0.429. The lowest BCUT2D eigenvalue weighted by atomic mass is 10.2. The molecule has 0 bridgehead atoms. The van der Waals surface area contributed by atoms with E-state index >= 15 is 0 Å². The Morgan fingerprint density at radius 1 is 1.50 bits per heavy atom. The van der Waals surface area contributed by atoms with Crippen LogP contribution in [-0.2, 0) is 18.2 Å². The van der Waals surface area contributed by atoms with E-state index in [1.165, 1.54) is 17.8 Å². The Balaban J connectivity index is 2.25. The Hall–Kier alpha value is -2.25. The minimum absolute atomic E-state index is 0.243. The molecule has 0 N–H and O–H groups in total. The Morgan fingerprint density at radius 2 is 2.18 bits per heavy atom. The predicted molar refractivity (Wildman–Crippen MR) is 70.2 cm³/mol. The Bertz CT molecular complexity index is 673. The zero-order chi connectivity index (χ0) is 16.5. The fourth-order valence-corrected chi connectivity index (χ4v) is 2.04. The molecule has 0 aromatic carbocycles. The van der Waals surface area contributed by atoms with Gasteiger partial charge in [0.2, 0.25) is 11.9 Å². The van der Waals surface area contributed by atoms with Crippen LogP contribution in [0.25, 0.3) is 0 Å². The van der Waals surface area contributed by atoms with Crippen LogP contribution in [0.1, 0.15) is 40.5 Å². The van der Waals surface area contributed by atoms with Crippen molar-refractivity contribution in [3.05, 3.63) is 41.1 Å². The lowest BCUT2D eigenvalue weighted by molar-refractivity contribution is -0.207. The summed E-state index contributed by atoms with van der Waals surface area (Å²) in [6.45, 7) is 3.52. The first-order valence-corrected chi connectivity index (χ1v) is 6.58. The Labute approximate surface area is 124 Å². The largest absolute Gasteiger partial charge is 0.454 e. The van der Waals surface area contributed by atoms with E-state index in [0.717, 1.165) is 12.4 Å². The van der Waals surface area contributed by atoms with Gasteiger partial charge in [0.15, 0.2) is 0 Å². The number of carbonyl (C=O) groups is 1. The third-order valence-electron chi connectivity index (χ3n) is 3.09. The molecule has 2 rings (SSSR count). The summed E-state index contributed by atoms with van der Waals surface area (Å²) in [7, 11) is 1.47. The molecule has 2 heterocycles. The van der Waals surface area contributed by atoms with Gasteiger partial charge in [-0.15, -0.1) is 0 Å². The van der Waals surface area contributed by atoms with Gasteiger partial charge in [-0.25, -0.2) is 4.79 Å². The lowest BCUT2D eigenvalue weighted by Gasteiger charge is -2.18. The van der Waals surface area contributed by atoms with Gasteiger partial charge in [0, 0.05) is 25.2 Å². The van der Waals surface area contributed by atoms with Gasteiger partial charge in [-0.05, 0) is 18.6 Å². The molecular weight excluding hydrogens is 301 g/mol. The molecule has 0 aliphatic heterocycles. The number of aromatic nitrogens is 2. The Morgan fingerprint density at radius 3 is 2.64 bits per heavy atom. The van der Waals surface area contributed by atoms with E-state index in [4.69, 9.17) is 4.42 Å². The molecule has 1 atom stereocenters. The second kappa shape index (κ2) is 5.86. The van der Waals surface area contributed by atoms with Gasteiger partial charge in [0.1, 0.15) is 5.76 Å². The van der Waals surface area contributed by atoms with Crippen molar-refractivity contribution in [2.45, 2.75) is 32.5 Å². The first-order chi connectivity index (χ1) is 10.2. The maximum Gasteiger partial charge on any atom is 0.429 e. The van der Waals surface area contributed by atoms with Crippen molar-refractivity contribution in [1.82, 2.24) is 9.78 Å². The van der Waals surface area contributed by atoms with Crippen molar-refractivity contribution in [1.29, 1.82) is 0 Å². The van der Waals surface area contributed by atoms with Crippen molar-refractivity contribution in [3.63, 3.8) is 0 Å². The van der Waals surface area contributed by atoms with Crippen LogP contribution >= 0.6 is 0 Å². The third-order valence-corrected chi connectivity index (χ3v) is 3.09. The van der Waals surface area contributed by atoms with Crippen LogP contribution in [0.2, 0.25) is 0 Å². The van der Waals surface area contributed by atoms with E-state index in [2.05, 4.69) is 9.84 Å². The number of hydrogen-bond donors (Lipinski definition) is 0. The van der Waals surface area contributed by atoms with Crippen LogP contribution in [-0.4, -0.2) is 21.9 Å². The number of alkyl halides is 3. The molecule has 0 saturated carbocycles. The highest BCUT2D eigenvalue weighted by Crippen LogP contribution is 2.36. The minimum Gasteiger partial charge on any atom is -0.454 e. The van der Waals surface area contributed by atoms with Crippen molar-refractivity contribution in [2.24, 2.45) is 7.05 Å². The van der Waals surface area contributed by atoms with Crippen LogP contribution in [0.15, 0.2) is 22.9 Å². The van der Waals surface area contributed by atoms with Crippen molar-refractivity contribution >= 4 is 5.97 Å². The molecule has 0 aliphatic carbocycles. The minimum atomic E-state index is -4.74. The summed E-state index contributed by atoms with van der Waals surface area (Å²) >= 11 is 0. The standard InChI is InChI=1S/C14H15F3N2O3/c1-4-10-8(2)5-11(21-10)13(20)22-12(14(15,16)17)9-6-18-19(3)7-9/h5-7,12H,4H2,1-3H3/t12-/m1/s1. The summed E-state index contributed by atoms with van der Waals surface area (Å²) < 4.78 is 50.3. The highest BCUT2D eigenvalue weighted by Gasteiger charge is 2.45. The second-order valence-electron chi connectivity index (χ2n) is 4.84. The molecule has 5 nitrogen and oxygen atoms in total. The highest BCUT2D eigenvalue weighted by atomic mass is 19.4. The summed E-state index contributed by atoms with van der Waals surface area (Å²) in [5.74, 6) is -0.863. The van der Waals surface area contributed by atoms with E-state index < -0.39 is 18.2 Å². The second-order valence-corrected chi connectivity index (χ2v) is 4.84. The fourth-order valence-electron chi connectivity index (χ4n) is 2.04. The Kier molecular flexibility index (Phi) is 4.30. The van der Waals surface area contributed by atoms with Gasteiger partial charge in [0.25, 0.3) is 0 Å². The molecule has 120 valence electrons. The lowest BCUT2D eigenvalue weighted by Crippen LogP contribution is -2.26. The van der Waals surface area contributed by atoms with Crippen LogP contribution in [0, 0.1) is 6.92 Å². The summed E-state index contributed by atoms with van der Waals surface area (Å²) in [6, 6.07) is 1.37. The molecule has 0 spiro atoms. The SMILES string of the molecule is CCc1oc(C(=O)O[C@H](c2cnn(C)c2)C(F)(F)F)cc1C. The van der Waals surface area contributed by atoms with Gasteiger partial charge in [-0.3, -0.25) is 4.68 Å². The quantitative estimate of drug-likeness (QED) is 0.812. The van der Waals surface area contributed by atoms with E-state index in [1.807, 2.05) is 6.92 Å². The summed E-state index contributed by atoms with van der Waals surface area (Å²) in [5, 5.41) is 3.66.